The lowest BCUT2D eigenvalue weighted by Gasteiger charge is -2.31. The summed E-state index contributed by atoms with van der Waals surface area (Å²) in [4.78, 5) is 24.4. The molecule has 0 aromatic carbocycles. The number of carbonyl (C=O) groups is 2. The molecule has 17 heavy (non-hydrogen) atoms. The molecule has 0 heterocycles. The van der Waals surface area contributed by atoms with Gasteiger partial charge in [0.25, 0.3) is 0 Å². The van der Waals surface area contributed by atoms with Gasteiger partial charge < -0.3 is 15.1 Å². The molecule has 1 atom stereocenters. The van der Waals surface area contributed by atoms with Crippen molar-refractivity contribution in [1.29, 1.82) is 0 Å². The number of aliphatic carboxylic acids is 1. The Kier molecular flexibility index (Phi) is 4.93. The van der Waals surface area contributed by atoms with E-state index >= 15 is 0 Å². The summed E-state index contributed by atoms with van der Waals surface area (Å²) < 4.78 is 0. The number of carboxylic acid groups (broad SMARTS) is 1. The standard InChI is InChI=1S/C12H21NO4/c1-8(7-14)13(2)11(15)9-3-5-10(6-4-9)12(16)17/h8-10,14H,3-7H2,1-2H3,(H,16,17). The third-order valence-corrected chi connectivity index (χ3v) is 3.70. The number of aliphatic hydroxyl groups excluding tert-OH is 1. The van der Waals surface area contributed by atoms with E-state index in [-0.39, 0.29) is 30.4 Å². The van der Waals surface area contributed by atoms with Gasteiger partial charge in [0.1, 0.15) is 0 Å². The zero-order valence-electron chi connectivity index (χ0n) is 10.4. The summed E-state index contributed by atoms with van der Waals surface area (Å²) in [6.07, 6.45) is 2.43. The van der Waals surface area contributed by atoms with E-state index in [4.69, 9.17) is 10.2 Å². The summed E-state index contributed by atoms with van der Waals surface area (Å²) in [5.74, 6) is -1.10. The highest BCUT2D eigenvalue weighted by Crippen LogP contribution is 2.30. The second kappa shape index (κ2) is 6.00. The second-order valence-electron chi connectivity index (χ2n) is 4.87. The molecule has 0 radical (unpaired) electrons. The molecule has 1 amide bonds. The summed E-state index contributed by atoms with van der Waals surface area (Å²) in [5, 5.41) is 17.9. The van der Waals surface area contributed by atoms with Crippen LogP contribution in [0.15, 0.2) is 0 Å². The van der Waals surface area contributed by atoms with E-state index in [1.54, 1.807) is 18.9 Å². The van der Waals surface area contributed by atoms with Gasteiger partial charge in [-0.05, 0) is 32.6 Å². The Hall–Kier alpha value is -1.10. The largest absolute Gasteiger partial charge is 0.481 e. The van der Waals surface area contributed by atoms with Crippen molar-refractivity contribution in [3.63, 3.8) is 0 Å². The third kappa shape index (κ3) is 3.43. The maximum atomic E-state index is 12.0. The minimum Gasteiger partial charge on any atom is -0.481 e. The molecule has 98 valence electrons. The van der Waals surface area contributed by atoms with Gasteiger partial charge in [-0.3, -0.25) is 9.59 Å². The zero-order valence-corrected chi connectivity index (χ0v) is 10.4. The lowest BCUT2D eigenvalue weighted by molar-refractivity contribution is -0.146. The van der Waals surface area contributed by atoms with Crippen molar-refractivity contribution < 1.29 is 19.8 Å². The highest BCUT2D eigenvalue weighted by Gasteiger charge is 2.31. The smallest absolute Gasteiger partial charge is 0.306 e. The Morgan fingerprint density at radius 2 is 1.71 bits per heavy atom. The van der Waals surface area contributed by atoms with E-state index in [9.17, 15) is 9.59 Å². The molecule has 5 nitrogen and oxygen atoms in total. The Morgan fingerprint density at radius 1 is 1.24 bits per heavy atom. The average Bonchev–Trinajstić information content (AvgIpc) is 2.36. The van der Waals surface area contributed by atoms with Gasteiger partial charge in [0.15, 0.2) is 0 Å². The molecule has 1 saturated carbocycles. The first-order valence-corrected chi connectivity index (χ1v) is 6.07. The number of amides is 1. The van der Waals surface area contributed by atoms with Crippen LogP contribution in [0.1, 0.15) is 32.6 Å². The van der Waals surface area contributed by atoms with Crippen LogP contribution < -0.4 is 0 Å². The number of carbonyl (C=O) groups excluding carboxylic acids is 1. The summed E-state index contributed by atoms with van der Waals surface area (Å²) in [6.45, 7) is 1.74. The molecule has 1 aliphatic carbocycles. The maximum Gasteiger partial charge on any atom is 0.306 e. The number of hydrogen-bond acceptors (Lipinski definition) is 3. The van der Waals surface area contributed by atoms with Crippen LogP contribution in [0, 0.1) is 11.8 Å². The van der Waals surface area contributed by atoms with Gasteiger partial charge in [0.05, 0.1) is 18.6 Å². The summed E-state index contributed by atoms with van der Waals surface area (Å²) in [5.41, 5.74) is 0. The van der Waals surface area contributed by atoms with Gasteiger partial charge >= 0.3 is 5.97 Å². The molecule has 0 aromatic heterocycles. The molecule has 5 heteroatoms. The molecule has 1 fully saturated rings. The van der Waals surface area contributed by atoms with Crippen LogP contribution in [-0.4, -0.2) is 46.7 Å². The number of carboxylic acids is 1. The fraction of sp³-hybridized carbons (Fsp3) is 0.833. The predicted octanol–water partition coefficient (Wildman–Crippen LogP) is 0.717. The summed E-state index contributed by atoms with van der Waals surface area (Å²) in [6, 6.07) is -0.181. The number of rotatable bonds is 4. The molecule has 1 aliphatic rings. The molecule has 0 saturated heterocycles. The molecule has 0 bridgehead atoms. The number of aliphatic hydroxyl groups is 1. The van der Waals surface area contributed by atoms with Crippen molar-refractivity contribution in [2.24, 2.45) is 11.8 Å². The highest BCUT2D eigenvalue weighted by molar-refractivity contribution is 5.79. The minimum atomic E-state index is -0.757. The zero-order chi connectivity index (χ0) is 13.0. The van der Waals surface area contributed by atoms with Crippen molar-refractivity contribution in [3.05, 3.63) is 0 Å². The van der Waals surface area contributed by atoms with Crippen LogP contribution in [0.4, 0.5) is 0 Å². The van der Waals surface area contributed by atoms with Crippen molar-refractivity contribution in [2.75, 3.05) is 13.7 Å². The van der Waals surface area contributed by atoms with E-state index in [1.807, 2.05) is 0 Å². The Labute approximate surface area is 101 Å². The maximum absolute atomic E-state index is 12.0. The van der Waals surface area contributed by atoms with Gasteiger partial charge in [-0.25, -0.2) is 0 Å². The lowest BCUT2D eigenvalue weighted by atomic mass is 9.81. The molecule has 0 aromatic rings. The topological polar surface area (TPSA) is 77.8 Å². The third-order valence-electron chi connectivity index (χ3n) is 3.70. The quantitative estimate of drug-likeness (QED) is 0.762. The van der Waals surface area contributed by atoms with Gasteiger partial charge in [-0.1, -0.05) is 0 Å². The molecule has 0 spiro atoms. The van der Waals surface area contributed by atoms with E-state index in [2.05, 4.69) is 0 Å². The van der Waals surface area contributed by atoms with Gasteiger partial charge in [0, 0.05) is 13.0 Å². The van der Waals surface area contributed by atoms with Crippen molar-refractivity contribution in [2.45, 2.75) is 38.6 Å². The number of nitrogens with zero attached hydrogens (tertiary/aromatic N) is 1. The normalized spacial score (nSPS) is 26.3. The van der Waals surface area contributed by atoms with Gasteiger partial charge in [-0.15, -0.1) is 0 Å². The van der Waals surface area contributed by atoms with Crippen molar-refractivity contribution >= 4 is 11.9 Å². The SMILES string of the molecule is CC(CO)N(C)C(=O)C1CCC(C(=O)O)CC1. The first kappa shape index (κ1) is 14.0. The molecule has 1 rings (SSSR count). The van der Waals surface area contributed by atoms with Crippen molar-refractivity contribution in [1.82, 2.24) is 4.90 Å². The molecule has 0 aliphatic heterocycles. The van der Waals surface area contributed by atoms with Crippen LogP contribution in [0.25, 0.3) is 0 Å². The van der Waals surface area contributed by atoms with E-state index in [0.29, 0.717) is 25.7 Å². The monoisotopic (exact) mass is 243 g/mol. The van der Waals surface area contributed by atoms with Crippen LogP contribution >= 0.6 is 0 Å². The first-order chi connectivity index (χ1) is 7.97. The highest BCUT2D eigenvalue weighted by atomic mass is 16.4. The summed E-state index contributed by atoms with van der Waals surface area (Å²) >= 11 is 0. The molecule has 2 N–H and O–H groups in total. The van der Waals surface area contributed by atoms with Gasteiger partial charge in [0.2, 0.25) is 5.91 Å². The first-order valence-electron chi connectivity index (χ1n) is 6.07. The minimum absolute atomic E-state index is 0.0235. The second-order valence-corrected chi connectivity index (χ2v) is 4.87. The van der Waals surface area contributed by atoms with E-state index in [0.717, 1.165) is 0 Å². The van der Waals surface area contributed by atoms with Crippen molar-refractivity contribution in [3.8, 4) is 0 Å². The summed E-state index contributed by atoms with van der Waals surface area (Å²) in [7, 11) is 1.69. The van der Waals surface area contributed by atoms with E-state index in [1.165, 1.54) is 0 Å². The Bertz CT molecular complexity index is 284. The number of hydrogen-bond donors (Lipinski definition) is 2. The van der Waals surface area contributed by atoms with Crippen LogP contribution in [0.2, 0.25) is 0 Å². The van der Waals surface area contributed by atoms with Crippen LogP contribution in [0.5, 0.6) is 0 Å². The lowest BCUT2D eigenvalue weighted by Crippen LogP contribution is -2.42. The average molecular weight is 243 g/mol. The molecular formula is C12H21NO4. The molecule has 1 unspecified atom stereocenters. The van der Waals surface area contributed by atoms with Crippen LogP contribution in [0.3, 0.4) is 0 Å². The molecular weight excluding hydrogens is 222 g/mol. The number of likely N-dealkylation sites (N-methyl/N-ethyl adjacent to an activating group) is 1. The Morgan fingerprint density at radius 3 is 2.12 bits per heavy atom. The fourth-order valence-electron chi connectivity index (χ4n) is 2.21. The fourth-order valence-corrected chi connectivity index (χ4v) is 2.21. The van der Waals surface area contributed by atoms with Gasteiger partial charge in [-0.2, -0.15) is 0 Å². The van der Waals surface area contributed by atoms with Crippen LogP contribution in [-0.2, 0) is 9.59 Å². The van der Waals surface area contributed by atoms with E-state index < -0.39 is 5.97 Å². The Balaban J connectivity index is 2.48. The predicted molar refractivity (Wildman–Crippen MR) is 62.4 cm³/mol.